The standard InChI is InChI=1S/C22H28N2O5/c1-2-28-18-6-4-3-5-17(18)20(26)29-13-19(25)23-21(27)24-22-10-14-7-15(11-22)9-16(8-14)12-22/h3-6,14-16H,2,7-13H2,1H3,(H2,23,24,25,27). The fourth-order valence-corrected chi connectivity index (χ4v) is 5.82. The highest BCUT2D eigenvalue weighted by Gasteiger charge is 2.51. The Hall–Kier alpha value is -2.57. The maximum Gasteiger partial charge on any atom is 0.342 e. The lowest BCUT2D eigenvalue weighted by Gasteiger charge is -2.56. The first-order valence-corrected chi connectivity index (χ1v) is 10.5. The normalized spacial score (nSPS) is 29.2. The second-order valence-corrected chi connectivity index (χ2v) is 8.71. The van der Waals surface area contributed by atoms with Crippen molar-refractivity contribution in [3.8, 4) is 5.75 Å². The van der Waals surface area contributed by atoms with Crippen LogP contribution in [-0.4, -0.2) is 36.7 Å². The highest BCUT2D eigenvalue weighted by atomic mass is 16.5. The van der Waals surface area contributed by atoms with Gasteiger partial charge in [0, 0.05) is 5.54 Å². The van der Waals surface area contributed by atoms with Gasteiger partial charge in [0.1, 0.15) is 11.3 Å². The third-order valence-corrected chi connectivity index (χ3v) is 6.41. The summed E-state index contributed by atoms with van der Waals surface area (Å²) in [6.07, 6.45) is 6.85. The minimum atomic E-state index is -0.661. The molecule has 29 heavy (non-hydrogen) atoms. The van der Waals surface area contributed by atoms with Crippen molar-refractivity contribution in [3.05, 3.63) is 29.8 Å². The van der Waals surface area contributed by atoms with E-state index in [9.17, 15) is 14.4 Å². The monoisotopic (exact) mass is 400 g/mol. The van der Waals surface area contributed by atoms with Gasteiger partial charge < -0.3 is 14.8 Å². The Kier molecular flexibility index (Phi) is 5.48. The second kappa shape index (κ2) is 8.05. The summed E-state index contributed by atoms with van der Waals surface area (Å²) < 4.78 is 10.5. The van der Waals surface area contributed by atoms with Gasteiger partial charge in [-0.3, -0.25) is 10.1 Å². The van der Waals surface area contributed by atoms with E-state index in [4.69, 9.17) is 9.47 Å². The number of amides is 3. The van der Waals surface area contributed by atoms with E-state index in [2.05, 4.69) is 10.6 Å². The third-order valence-electron chi connectivity index (χ3n) is 6.41. The zero-order chi connectivity index (χ0) is 20.4. The number of benzene rings is 1. The topological polar surface area (TPSA) is 93.7 Å². The average molecular weight is 400 g/mol. The number of hydrogen-bond donors (Lipinski definition) is 2. The molecule has 0 atom stereocenters. The molecule has 1 aromatic carbocycles. The molecule has 0 spiro atoms. The molecule has 156 valence electrons. The Bertz CT molecular complexity index is 771. The Labute approximate surface area is 170 Å². The van der Waals surface area contributed by atoms with E-state index in [-0.39, 0.29) is 11.1 Å². The van der Waals surface area contributed by atoms with Crippen molar-refractivity contribution in [2.24, 2.45) is 17.8 Å². The summed E-state index contributed by atoms with van der Waals surface area (Å²) in [4.78, 5) is 36.7. The van der Waals surface area contributed by atoms with E-state index >= 15 is 0 Å². The molecule has 7 nitrogen and oxygen atoms in total. The van der Waals surface area contributed by atoms with Crippen LogP contribution >= 0.6 is 0 Å². The van der Waals surface area contributed by atoms with Crippen LogP contribution in [0.5, 0.6) is 5.75 Å². The fourth-order valence-electron chi connectivity index (χ4n) is 5.82. The van der Waals surface area contributed by atoms with Crippen molar-refractivity contribution < 1.29 is 23.9 Å². The first kappa shape index (κ1) is 19.7. The number of imide groups is 1. The van der Waals surface area contributed by atoms with E-state index in [0.29, 0.717) is 30.1 Å². The van der Waals surface area contributed by atoms with Crippen LogP contribution in [0, 0.1) is 17.8 Å². The molecule has 0 radical (unpaired) electrons. The first-order chi connectivity index (χ1) is 14.0. The van der Waals surface area contributed by atoms with Gasteiger partial charge in [-0.05, 0) is 75.3 Å². The number of nitrogens with one attached hydrogen (secondary N) is 2. The molecule has 4 fully saturated rings. The van der Waals surface area contributed by atoms with Crippen LogP contribution in [0.15, 0.2) is 24.3 Å². The molecule has 0 aliphatic heterocycles. The van der Waals surface area contributed by atoms with Crippen molar-refractivity contribution >= 4 is 17.9 Å². The van der Waals surface area contributed by atoms with Gasteiger partial charge in [-0.2, -0.15) is 0 Å². The van der Waals surface area contributed by atoms with Gasteiger partial charge >= 0.3 is 12.0 Å². The SMILES string of the molecule is CCOc1ccccc1C(=O)OCC(=O)NC(=O)NC12CC3CC(CC(C3)C1)C2. The number of ether oxygens (including phenoxy) is 2. The summed E-state index contributed by atoms with van der Waals surface area (Å²) in [5, 5.41) is 5.37. The molecule has 4 saturated carbocycles. The summed E-state index contributed by atoms with van der Waals surface area (Å²) >= 11 is 0. The predicted octanol–water partition coefficient (Wildman–Crippen LogP) is 3.04. The van der Waals surface area contributed by atoms with Crippen molar-refractivity contribution in [1.82, 2.24) is 10.6 Å². The summed E-state index contributed by atoms with van der Waals surface area (Å²) in [6, 6.07) is 6.19. The van der Waals surface area contributed by atoms with Crippen LogP contribution in [0.25, 0.3) is 0 Å². The first-order valence-electron chi connectivity index (χ1n) is 10.5. The van der Waals surface area contributed by atoms with Gasteiger partial charge in [-0.25, -0.2) is 9.59 Å². The van der Waals surface area contributed by atoms with Crippen LogP contribution in [0.3, 0.4) is 0 Å². The Morgan fingerprint density at radius 2 is 1.66 bits per heavy atom. The van der Waals surface area contributed by atoms with Crippen LogP contribution < -0.4 is 15.4 Å². The van der Waals surface area contributed by atoms with Crippen molar-refractivity contribution in [2.75, 3.05) is 13.2 Å². The molecule has 0 aromatic heterocycles. The molecule has 4 aliphatic carbocycles. The number of hydrogen-bond acceptors (Lipinski definition) is 5. The van der Waals surface area contributed by atoms with Crippen molar-refractivity contribution in [2.45, 2.75) is 51.0 Å². The van der Waals surface area contributed by atoms with Gasteiger partial charge in [0.25, 0.3) is 5.91 Å². The number of carbonyl (C=O) groups is 3. The summed E-state index contributed by atoms with van der Waals surface area (Å²) in [5.74, 6) is 1.19. The molecule has 0 saturated heterocycles. The highest BCUT2D eigenvalue weighted by Crippen LogP contribution is 2.55. The number of carbonyl (C=O) groups excluding carboxylic acids is 3. The van der Waals surface area contributed by atoms with Gasteiger partial charge in [0.15, 0.2) is 6.61 Å². The van der Waals surface area contributed by atoms with Gasteiger partial charge in [0.05, 0.1) is 6.61 Å². The Balaban J connectivity index is 1.27. The lowest BCUT2D eigenvalue weighted by molar-refractivity contribution is -0.123. The molecule has 0 unspecified atom stereocenters. The molecule has 7 heteroatoms. The smallest absolute Gasteiger partial charge is 0.342 e. The van der Waals surface area contributed by atoms with Crippen molar-refractivity contribution in [1.29, 1.82) is 0 Å². The highest BCUT2D eigenvalue weighted by molar-refractivity contribution is 5.98. The largest absolute Gasteiger partial charge is 0.493 e. The van der Waals surface area contributed by atoms with E-state index in [1.54, 1.807) is 24.3 Å². The molecule has 3 amide bonds. The Morgan fingerprint density at radius 1 is 1.03 bits per heavy atom. The molecule has 2 N–H and O–H groups in total. The molecule has 1 aromatic rings. The quantitative estimate of drug-likeness (QED) is 0.716. The third kappa shape index (κ3) is 4.38. The van der Waals surface area contributed by atoms with E-state index in [0.717, 1.165) is 19.3 Å². The zero-order valence-electron chi connectivity index (χ0n) is 16.7. The number of para-hydroxylation sites is 1. The van der Waals surface area contributed by atoms with E-state index in [1.165, 1.54) is 19.3 Å². The molecular formula is C22H28N2O5. The van der Waals surface area contributed by atoms with Crippen LogP contribution in [0.4, 0.5) is 4.79 Å². The molecule has 5 rings (SSSR count). The predicted molar refractivity (Wildman–Crippen MR) is 105 cm³/mol. The van der Waals surface area contributed by atoms with Crippen LogP contribution in [0.1, 0.15) is 55.8 Å². The number of urea groups is 1. The van der Waals surface area contributed by atoms with E-state index in [1.807, 2.05) is 6.92 Å². The molecule has 4 bridgehead atoms. The molecule has 4 aliphatic rings. The summed E-state index contributed by atoms with van der Waals surface area (Å²) in [6.45, 7) is 1.71. The van der Waals surface area contributed by atoms with Gasteiger partial charge in [-0.1, -0.05) is 12.1 Å². The lowest BCUT2D eigenvalue weighted by Crippen LogP contribution is -2.62. The lowest BCUT2D eigenvalue weighted by atomic mass is 9.53. The number of esters is 1. The molecular weight excluding hydrogens is 372 g/mol. The van der Waals surface area contributed by atoms with Gasteiger partial charge in [0.2, 0.25) is 0 Å². The maximum absolute atomic E-state index is 12.4. The minimum Gasteiger partial charge on any atom is -0.493 e. The second-order valence-electron chi connectivity index (χ2n) is 8.71. The minimum absolute atomic E-state index is 0.174. The van der Waals surface area contributed by atoms with Crippen LogP contribution in [-0.2, 0) is 9.53 Å². The molecule has 0 heterocycles. The van der Waals surface area contributed by atoms with Gasteiger partial charge in [-0.15, -0.1) is 0 Å². The zero-order valence-corrected chi connectivity index (χ0v) is 16.7. The van der Waals surface area contributed by atoms with Crippen molar-refractivity contribution in [3.63, 3.8) is 0 Å². The fraction of sp³-hybridized carbons (Fsp3) is 0.591. The van der Waals surface area contributed by atoms with E-state index < -0.39 is 24.5 Å². The number of rotatable bonds is 6. The summed E-state index contributed by atoms with van der Waals surface area (Å²) in [5.41, 5.74) is 0.0758. The van der Waals surface area contributed by atoms with Crippen LogP contribution in [0.2, 0.25) is 0 Å². The average Bonchev–Trinajstić information content (AvgIpc) is 2.65. The summed E-state index contributed by atoms with van der Waals surface area (Å²) in [7, 11) is 0. The Morgan fingerprint density at radius 3 is 2.28 bits per heavy atom. The maximum atomic E-state index is 12.4.